The molecule has 0 bridgehead atoms. The molecule has 3 rings (SSSR count). The highest BCUT2D eigenvalue weighted by atomic mass is 14.9. The van der Waals surface area contributed by atoms with E-state index in [2.05, 4.69) is 40.8 Å². The van der Waals surface area contributed by atoms with Crippen molar-refractivity contribution in [3.63, 3.8) is 0 Å². The maximum Gasteiger partial charge on any atom is 0.0456 e. The highest BCUT2D eigenvalue weighted by molar-refractivity contribution is 5.83. The number of aromatic amines is 1. The van der Waals surface area contributed by atoms with Gasteiger partial charge in [-0.15, -0.1) is 0 Å². The van der Waals surface area contributed by atoms with Gasteiger partial charge in [-0.05, 0) is 37.4 Å². The molecular weight excluding hydrogens is 210 g/mol. The summed E-state index contributed by atoms with van der Waals surface area (Å²) >= 11 is 0. The fourth-order valence-corrected chi connectivity index (χ4v) is 2.58. The lowest BCUT2D eigenvalue weighted by Gasteiger charge is -2.33. The first kappa shape index (κ1) is 10.8. The maximum absolute atomic E-state index is 5.76. The Hall–Kier alpha value is -1.32. The first-order valence-corrected chi connectivity index (χ1v) is 6.37. The van der Waals surface area contributed by atoms with Crippen LogP contribution in [-0.2, 0) is 6.42 Å². The van der Waals surface area contributed by atoms with Gasteiger partial charge in [0.15, 0.2) is 0 Å². The van der Waals surface area contributed by atoms with Gasteiger partial charge in [-0.3, -0.25) is 0 Å². The molecule has 4 N–H and O–H groups in total. The first-order valence-electron chi connectivity index (χ1n) is 6.37. The molecule has 0 amide bonds. The van der Waals surface area contributed by atoms with E-state index in [0.29, 0.717) is 12.1 Å². The van der Waals surface area contributed by atoms with Crippen molar-refractivity contribution >= 4 is 10.9 Å². The third-order valence-electron chi connectivity index (χ3n) is 3.68. The summed E-state index contributed by atoms with van der Waals surface area (Å²) in [6, 6.07) is 9.54. The van der Waals surface area contributed by atoms with Gasteiger partial charge in [0.2, 0.25) is 0 Å². The lowest BCUT2D eigenvalue weighted by molar-refractivity contribution is 0.294. The van der Waals surface area contributed by atoms with Gasteiger partial charge < -0.3 is 16.0 Å². The smallest absolute Gasteiger partial charge is 0.0456 e. The molecule has 17 heavy (non-hydrogen) atoms. The molecular formula is C14H19N3. The van der Waals surface area contributed by atoms with Gasteiger partial charge >= 0.3 is 0 Å². The largest absolute Gasteiger partial charge is 0.361 e. The highest BCUT2D eigenvalue weighted by Gasteiger charge is 2.24. The lowest BCUT2D eigenvalue weighted by atomic mass is 9.87. The summed E-state index contributed by atoms with van der Waals surface area (Å²) in [7, 11) is 0. The Morgan fingerprint density at radius 3 is 2.94 bits per heavy atom. The minimum atomic E-state index is 0.431. The zero-order valence-corrected chi connectivity index (χ0v) is 9.95. The molecule has 3 nitrogen and oxygen atoms in total. The second kappa shape index (κ2) is 4.51. The van der Waals surface area contributed by atoms with Crippen LogP contribution >= 0.6 is 0 Å². The third kappa shape index (κ3) is 2.21. The number of rotatable bonds is 4. The molecule has 1 aliphatic carbocycles. The van der Waals surface area contributed by atoms with Crippen LogP contribution < -0.4 is 11.1 Å². The van der Waals surface area contributed by atoms with Crippen molar-refractivity contribution < 1.29 is 0 Å². The Morgan fingerprint density at radius 1 is 1.29 bits per heavy atom. The van der Waals surface area contributed by atoms with Crippen LogP contribution in [-0.4, -0.2) is 23.6 Å². The Kier molecular flexibility index (Phi) is 2.87. The summed E-state index contributed by atoms with van der Waals surface area (Å²) in [5.74, 6) is 0. The van der Waals surface area contributed by atoms with Crippen molar-refractivity contribution in [2.45, 2.75) is 31.3 Å². The second-order valence-electron chi connectivity index (χ2n) is 4.99. The van der Waals surface area contributed by atoms with E-state index in [0.717, 1.165) is 25.8 Å². The molecule has 1 aliphatic rings. The van der Waals surface area contributed by atoms with Crippen molar-refractivity contribution in [3.8, 4) is 0 Å². The summed E-state index contributed by atoms with van der Waals surface area (Å²) < 4.78 is 0. The van der Waals surface area contributed by atoms with Gasteiger partial charge in [0.25, 0.3) is 0 Å². The molecule has 1 aromatic carbocycles. The summed E-state index contributed by atoms with van der Waals surface area (Å²) in [6.07, 6.45) is 5.47. The molecule has 0 aliphatic heterocycles. The molecule has 1 heterocycles. The number of para-hydroxylation sites is 1. The number of fused-ring (bicyclic) bond motifs is 1. The quantitative estimate of drug-likeness (QED) is 0.748. The number of hydrogen-bond acceptors (Lipinski definition) is 2. The molecule has 1 fully saturated rings. The molecule has 1 aromatic heterocycles. The fraction of sp³-hybridized carbons (Fsp3) is 0.429. The van der Waals surface area contributed by atoms with Crippen LogP contribution in [0.2, 0.25) is 0 Å². The van der Waals surface area contributed by atoms with Gasteiger partial charge in [0.1, 0.15) is 0 Å². The van der Waals surface area contributed by atoms with E-state index in [1.807, 2.05) is 0 Å². The van der Waals surface area contributed by atoms with E-state index in [-0.39, 0.29) is 0 Å². The molecule has 2 aromatic rings. The Balaban J connectivity index is 1.58. The maximum atomic E-state index is 5.76. The average molecular weight is 229 g/mol. The Morgan fingerprint density at radius 2 is 2.12 bits per heavy atom. The minimum absolute atomic E-state index is 0.431. The topological polar surface area (TPSA) is 53.8 Å². The van der Waals surface area contributed by atoms with E-state index in [1.54, 1.807) is 0 Å². The fourth-order valence-electron chi connectivity index (χ4n) is 2.58. The molecule has 1 saturated carbocycles. The summed E-state index contributed by atoms with van der Waals surface area (Å²) in [6.45, 7) is 1.04. The Labute approximate surface area is 101 Å². The van der Waals surface area contributed by atoms with Crippen LogP contribution in [0, 0.1) is 0 Å². The van der Waals surface area contributed by atoms with Crippen molar-refractivity contribution in [1.82, 2.24) is 10.3 Å². The Bertz CT molecular complexity index is 497. The van der Waals surface area contributed by atoms with Gasteiger partial charge in [0, 0.05) is 29.2 Å². The third-order valence-corrected chi connectivity index (χ3v) is 3.68. The van der Waals surface area contributed by atoms with Crippen LogP contribution in [0.1, 0.15) is 18.4 Å². The van der Waals surface area contributed by atoms with Gasteiger partial charge in [-0.1, -0.05) is 18.2 Å². The SMILES string of the molecule is NC1CC(NCCc2c[nH]c3ccccc23)C1. The zero-order chi connectivity index (χ0) is 11.7. The summed E-state index contributed by atoms with van der Waals surface area (Å²) in [5, 5.41) is 4.91. The number of hydrogen-bond donors (Lipinski definition) is 3. The van der Waals surface area contributed by atoms with E-state index in [9.17, 15) is 0 Å². The van der Waals surface area contributed by atoms with Crippen LogP contribution in [0.15, 0.2) is 30.5 Å². The molecule has 0 unspecified atom stereocenters. The number of H-pyrrole nitrogens is 1. The van der Waals surface area contributed by atoms with E-state index in [1.165, 1.54) is 16.5 Å². The zero-order valence-electron chi connectivity index (χ0n) is 9.95. The standard InChI is InChI=1S/C14H19N3/c15-11-7-12(8-11)16-6-5-10-9-17-14-4-2-1-3-13(10)14/h1-4,9,11-12,16-17H,5-8,15H2. The van der Waals surface area contributed by atoms with Gasteiger partial charge in [0.05, 0.1) is 0 Å². The van der Waals surface area contributed by atoms with Gasteiger partial charge in [-0.25, -0.2) is 0 Å². The predicted octanol–water partition coefficient (Wildman–Crippen LogP) is 1.79. The van der Waals surface area contributed by atoms with Crippen molar-refractivity contribution in [3.05, 3.63) is 36.0 Å². The van der Waals surface area contributed by atoms with E-state index < -0.39 is 0 Å². The molecule has 0 spiro atoms. The molecule has 90 valence electrons. The van der Waals surface area contributed by atoms with Crippen molar-refractivity contribution in [2.75, 3.05) is 6.54 Å². The number of benzene rings is 1. The van der Waals surface area contributed by atoms with Crippen LogP contribution in [0.4, 0.5) is 0 Å². The second-order valence-corrected chi connectivity index (χ2v) is 4.99. The van der Waals surface area contributed by atoms with Crippen LogP contribution in [0.5, 0.6) is 0 Å². The molecule has 3 heteroatoms. The average Bonchev–Trinajstić information content (AvgIpc) is 2.70. The predicted molar refractivity (Wildman–Crippen MR) is 71.0 cm³/mol. The van der Waals surface area contributed by atoms with Crippen LogP contribution in [0.25, 0.3) is 10.9 Å². The van der Waals surface area contributed by atoms with E-state index >= 15 is 0 Å². The molecule has 0 saturated heterocycles. The van der Waals surface area contributed by atoms with E-state index in [4.69, 9.17) is 5.73 Å². The van der Waals surface area contributed by atoms with Crippen LogP contribution in [0.3, 0.4) is 0 Å². The lowest BCUT2D eigenvalue weighted by Crippen LogP contribution is -2.48. The highest BCUT2D eigenvalue weighted by Crippen LogP contribution is 2.19. The molecule has 0 atom stereocenters. The number of aromatic nitrogens is 1. The summed E-state index contributed by atoms with van der Waals surface area (Å²) in [4.78, 5) is 3.31. The minimum Gasteiger partial charge on any atom is -0.361 e. The summed E-state index contributed by atoms with van der Waals surface area (Å²) in [5.41, 5.74) is 8.39. The van der Waals surface area contributed by atoms with Gasteiger partial charge in [-0.2, -0.15) is 0 Å². The van der Waals surface area contributed by atoms with Crippen molar-refractivity contribution in [1.29, 1.82) is 0 Å². The van der Waals surface area contributed by atoms with Crippen molar-refractivity contribution in [2.24, 2.45) is 5.73 Å². The monoisotopic (exact) mass is 229 g/mol. The molecule has 0 radical (unpaired) electrons. The first-order chi connectivity index (χ1) is 8.33. The normalized spacial score (nSPS) is 23.8. The number of nitrogens with two attached hydrogens (primary N) is 1. The number of nitrogens with one attached hydrogen (secondary N) is 2.